The van der Waals surface area contributed by atoms with Gasteiger partial charge in [0.15, 0.2) is 5.82 Å². The first-order chi connectivity index (χ1) is 16.6. The number of anilines is 2. The number of carbonyl (C=O) groups excluding carboxylic acids is 1. The molecule has 0 spiro atoms. The zero-order valence-electron chi connectivity index (χ0n) is 19.8. The van der Waals surface area contributed by atoms with Gasteiger partial charge in [0.25, 0.3) is 0 Å². The van der Waals surface area contributed by atoms with E-state index in [0.717, 1.165) is 71.7 Å². The van der Waals surface area contributed by atoms with Crippen molar-refractivity contribution in [2.45, 2.75) is 45.4 Å². The van der Waals surface area contributed by atoms with Crippen molar-refractivity contribution in [2.24, 2.45) is 0 Å². The van der Waals surface area contributed by atoms with Crippen LogP contribution in [0.4, 0.5) is 11.5 Å². The zero-order valence-corrected chi connectivity index (χ0v) is 19.8. The second-order valence-corrected chi connectivity index (χ2v) is 9.08. The van der Waals surface area contributed by atoms with Crippen LogP contribution in [0.1, 0.15) is 47.3 Å². The quantitative estimate of drug-likeness (QED) is 0.566. The highest BCUT2D eigenvalue weighted by molar-refractivity contribution is 6.09. The van der Waals surface area contributed by atoms with E-state index in [9.17, 15) is 9.90 Å². The molecule has 0 radical (unpaired) electrons. The van der Waals surface area contributed by atoms with Crippen LogP contribution >= 0.6 is 0 Å². The molecule has 1 fully saturated rings. The Bertz CT molecular complexity index is 1150. The summed E-state index contributed by atoms with van der Waals surface area (Å²) in [7, 11) is 1.80. The number of rotatable bonds is 6. The van der Waals surface area contributed by atoms with Gasteiger partial charge in [0.2, 0.25) is 5.91 Å². The minimum Gasteiger partial charge on any atom is -0.393 e. The van der Waals surface area contributed by atoms with Crippen molar-refractivity contribution in [3.63, 3.8) is 0 Å². The van der Waals surface area contributed by atoms with Crippen molar-refractivity contribution < 1.29 is 14.6 Å². The smallest absolute Gasteiger partial charge is 0.219 e. The lowest BCUT2D eigenvalue weighted by Crippen LogP contribution is -2.35. The van der Waals surface area contributed by atoms with Gasteiger partial charge in [-0.25, -0.2) is 0 Å². The molecule has 4 heterocycles. The third-order valence-electron chi connectivity index (χ3n) is 7.22. The summed E-state index contributed by atoms with van der Waals surface area (Å²) in [5, 5.41) is 26.2. The number of benzene rings is 1. The fraction of sp³-hybridized carbons (Fsp3) is 0.480. The second kappa shape index (κ2) is 9.23. The Morgan fingerprint density at radius 2 is 2.18 bits per heavy atom. The molecule has 9 heteroatoms. The molecular formula is C25H32N6O3. The van der Waals surface area contributed by atoms with E-state index in [4.69, 9.17) is 15.2 Å². The molecule has 1 amide bonds. The molecule has 0 bridgehead atoms. The van der Waals surface area contributed by atoms with Gasteiger partial charge in [-0.05, 0) is 35.6 Å². The van der Waals surface area contributed by atoms with E-state index in [1.165, 1.54) is 11.9 Å². The topological polar surface area (TPSA) is 107 Å². The van der Waals surface area contributed by atoms with Gasteiger partial charge < -0.3 is 30.4 Å². The Kier molecular flexibility index (Phi) is 6.14. The number of nitrogens with one attached hydrogen (secondary N) is 2. The van der Waals surface area contributed by atoms with Crippen molar-refractivity contribution in [1.29, 1.82) is 5.41 Å². The van der Waals surface area contributed by atoms with E-state index in [-0.39, 0.29) is 18.6 Å². The Labute approximate surface area is 199 Å². The standard InChI is InChI=1S/C25H32N6O3/c1-16(33)29-8-6-24-21(13-29)25(28-31(24)18-7-10-34-15-18)30-9-5-20-22(14-32)19(3-4-23(20)30)17(11-26)12-27-2/h3-4,11-12,18,26-27,32H,5-10,13-15H2,1-2H3/b17-12+,26-11?. The van der Waals surface area contributed by atoms with Crippen LogP contribution in [-0.2, 0) is 35.5 Å². The van der Waals surface area contributed by atoms with Gasteiger partial charge in [0.05, 0.1) is 25.8 Å². The largest absolute Gasteiger partial charge is 0.393 e. The van der Waals surface area contributed by atoms with Crippen LogP contribution in [0.5, 0.6) is 0 Å². The number of carbonyl (C=O) groups is 1. The average molecular weight is 465 g/mol. The minimum absolute atomic E-state index is 0.0816. The minimum atomic E-state index is -0.0919. The highest BCUT2D eigenvalue weighted by Crippen LogP contribution is 2.42. The van der Waals surface area contributed by atoms with Crippen LogP contribution in [0.3, 0.4) is 0 Å². The Morgan fingerprint density at radius 1 is 1.32 bits per heavy atom. The van der Waals surface area contributed by atoms with Crippen molar-refractivity contribution in [3.05, 3.63) is 46.3 Å². The van der Waals surface area contributed by atoms with E-state index < -0.39 is 0 Å². The highest BCUT2D eigenvalue weighted by atomic mass is 16.5. The number of ether oxygens (including phenoxy) is 1. The molecule has 34 heavy (non-hydrogen) atoms. The number of fused-ring (bicyclic) bond motifs is 2. The monoisotopic (exact) mass is 464 g/mol. The van der Waals surface area contributed by atoms with Crippen molar-refractivity contribution in [3.8, 4) is 0 Å². The molecule has 3 aliphatic heterocycles. The summed E-state index contributed by atoms with van der Waals surface area (Å²) in [6.45, 7) is 4.98. The molecule has 1 aromatic heterocycles. The fourth-order valence-corrected chi connectivity index (χ4v) is 5.51. The molecule has 5 rings (SSSR count). The highest BCUT2D eigenvalue weighted by Gasteiger charge is 2.35. The molecule has 2 aromatic rings. The van der Waals surface area contributed by atoms with Gasteiger partial charge in [-0.15, -0.1) is 0 Å². The van der Waals surface area contributed by atoms with Crippen molar-refractivity contribution in [1.82, 2.24) is 20.0 Å². The van der Waals surface area contributed by atoms with Gasteiger partial charge in [0, 0.05) is 75.0 Å². The molecule has 1 unspecified atom stereocenters. The molecule has 3 N–H and O–H groups in total. The lowest BCUT2D eigenvalue weighted by atomic mass is 9.95. The molecular weight excluding hydrogens is 432 g/mol. The number of aliphatic hydroxyl groups excluding tert-OH is 1. The first kappa shape index (κ1) is 22.6. The number of allylic oxidation sites excluding steroid dienone is 1. The summed E-state index contributed by atoms with van der Waals surface area (Å²) in [5.41, 5.74) is 6.91. The van der Waals surface area contributed by atoms with Gasteiger partial charge >= 0.3 is 0 Å². The molecule has 180 valence electrons. The maximum Gasteiger partial charge on any atom is 0.219 e. The molecule has 0 aliphatic carbocycles. The number of nitrogens with zero attached hydrogens (tertiary/aromatic N) is 4. The van der Waals surface area contributed by atoms with E-state index in [1.807, 2.05) is 11.0 Å². The van der Waals surface area contributed by atoms with E-state index in [0.29, 0.717) is 19.7 Å². The molecule has 9 nitrogen and oxygen atoms in total. The zero-order chi connectivity index (χ0) is 23.8. The van der Waals surface area contributed by atoms with E-state index in [1.54, 1.807) is 20.2 Å². The molecule has 1 atom stereocenters. The lowest BCUT2D eigenvalue weighted by molar-refractivity contribution is -0.129. The maximum absolute atomic E-state index is 12.2. The third kappa shape index (κ3) is 3.69. The molecule has 0 saturated carbocycles. The van der Waals surface area contributed by atoms with E-state index in [2.05, 4.69) is 21.0 Å². The van der Waals surface area contributed by atoms with Crippen LogP contribution in [-0.4, -0.2) is 65.3 Å². The van der Waals surface area contributed by atoms with Crippen LogP contribution < -0.4 is 10.2 Å². The summed E-state index contributed by atoms with van der Waals surface area (Å²) >= 11 is 0. The maximum atomic E-state index is 12.2. The Balaban J connectivity index is 1.59. The number of amides is 1. The number of hydrogen-bond acceptors (Lipinski definition) is 7. The Morgan fingerprint density at radius 3 is 2.85 bits per heavy atom. The van der Waals surface area contributed by atoms with Crippen LogP contribution in [0, 0.1) is 5.41 Å². The average Bonchev–Trinajstić information content (AvgIpc) is 3.59. The normalized spacial score (nSPS) is 19.9. The molecule has 1 saturated heterocycles. The predicted octanol–water partition coefficient (Wildman–Crippen LogP) is 2.15. The Hall–Kier alpha value is -3.17. The van der Waals surface area contributed by atoms with Gasteiger partial charge in [-0.3, -0.25) is 9.48 Å². The van der Waals surface area contributed by atoms with Crippen LogP contribution in [0.15, 0.2) is 18.3 Å². The summed E-state index contributed by atoms with van der Waals surface area (Å²) in [6, 6.07) is 4.28. The van der Waals surface area contributed by atoms with E-state index >= 15 is 0 Å². The summed E-state index contributed by atoms with van der Waals surface area (Å²) in [6.07, 6.45) is 5.61. The molecule has 3 aliphatic rings. The summed E-state index contributed by atoms with van der Waals surface area (Å²) in [4.78, 5) is 16.3. The first-order valence-electron chi connectivity index (χ1n) is 11.9. The van der Waals surface area contributed by atoms with Gasteiger partial charge in [0.1, 0.15) is 0 Å². The molecule has 1 aromatic carbocycles. The van der Waals surface area contributed by atoms with Crippen molar-refractivity contribution >= 4 is 29.2 Å². The van der Waals surface area contributed by atoms with Gasteiger partial charge in [-0.2, -0.15) is 5.10 Å². The first-order valence-corrected chi connectivity index (χ1v) is 11.9. The summed E-state index contributed by atoms with van der Waals surface area (Å²) < 4.78 is 7.80. The lowest BCUT2D eigenvalue weighted by Gasteiger charge is -2.28. The number of aliphatic hydroxyl groups is 1. The SMILES string of the molecule is CN/C=C(\C=N)c1ccc2c(c1CO)CCN2c1nn(C2CCOC2)c2c1CN(C(C)=O)CC2. The number of aromatic nitrogens is 2. The fourth-order valence-electron chi connectivity index (χ4n) is 5.51. The van der Waals surface area contributed by atoms with Crippen molar-refractivity contribution in [2.75, 3.05) is 38.3 Å². The predicted molar refractivity (Wildman–Crippen MR) is 130 cm³/mol. The third-order valence-corrected chi connectivity index (χ3v) is 7.22. The number of hydrogen-bond donors (Lipinski definition) is 3. The second-order valence-electron chi connectivity index (χ2n) is 9.08. The van der Waals surface area contributed by atoms with Crippen LogP contribution in [0.25, 0.3) is 5.57 Å². The van der Waals surface area contributed by atoms with Gasteiger partial charge in [-0.1, -0.05) is 6.07 Å². The summed E-state index contributed by atoms with van der Waals surface area (Å²) in [5.74, 6) is 0.986. The van der Waals surface area contributed by atoms with Crippen LogP contribution in [0.2, 0.25) is 0 Å².